The summed E-state index contributed by atoms with van der Waals surface area (Å²) in [4.78, 5) is 63.7. The number of nitrogens with one attached hydrogen (secondary N) is 5. The summed E-state index contributed by atoms with van der Waals surface area (Å²) in [5, 5.41) is 12.0. The average Bonchev–Trinajstić information content (AvgIpc) is 4.02. The van der Waals surface area contributed by atoms with Gasteiger partial charge in [0.25, 0.3) is 12.4 Å². The van der Waals surface area contributed by atoms with Gasteiger partial charge in [-0.2, -0.15) is 0 Å². The summed E-state index contributed by atoms with van der Waals surface area (Å²) < 4.78 is 3.86. The molecular weight excluding hydrogens is 819 g/mol. The molecule has 3 aromatic carbocycles. The number of hydrogen-bond acceptors (Lipinski definition) is 9. The molecule has 3 unspecified atom stereocenters. The van der Waals surface area contributed by atoms with Crippen molar-refractivity contribution >= 4 is 30.5 Å². The number of carbonyl (C=O) groups excluding carboxylic acids is 5. The molecule has 0 bridgehead atoms. The van der Waals surface area contributed by atoms with Gasteiger partial charge in [0.15, 0.2) is 0 Å². The lowest BCUT2D eigenvalue weighted by Gasteiger charge is -2.18. The second kappa shape index (κ2) is 35.2. The van der Waals surface area contributed by atoms with Crippen molar-refractivity contribution in [3.63, 3.8) is 0 Å². The van der Waals surface area contributed by atoms with Crippen LogP contribution in [0.3, 0.4) is 0 Å². The maximum absolute atomic E-state index is 12.7. The van der Waals surface area contributed by atoms with Gasteiger partial charge in [-0.3, -0.25) is 24.0 Å². The maximum atomic E-state index is 12.7. The molecule has 3 amide bonds. The number of ketones is 1. The van der Waals surface area contributed by atoms with Gasteiger partial charge < -0.3 is 35.9 Å². The lowest BCUT2D eigenvalue weighted by Crippen LogP contribution is -2.36. The van der Waals surface area contributed by atoms with Crippen LogP contribution < -0.4 is 21.3 Å². The number of methoxy groups -OCH3 is 1. The predicted octanol–water partition coefficient (Wildman–Crippen LogP) is 8.13. The molecule has 1 fully saturated rings. The van der Waals surface area contributed by atoms with Crippen molar-refractivity contribution in [2.24, 2.45) is 11.8 Å². The first-order valence-electron chi connectivity index (χ1n) is 22.5. The van der Waals surface area contributed by atoms with E-state index in [0.717, 1.165) is 84.9 Å². The first kappa shape index (κ1) is 56.8. The van der Waals surface area contributed by atoms with Crippen LogP contribution in [-0.2, 0) is 30.3 Å². The topological polar surface area (TPSA) is 175 Å². The Morgan fingerprint density at radius 2 is 1.48 bits per heavy atom. The number of hydrogen-bond donors (Lipinski definition) is 5. The Morgan fingerprint density at radius 1 is 0.877 bits per heavy atom. The Kier molecular flexibility index (Phi) is 30.8. The third kappa shape index (κ3) is 23.4. The Balaban J connectivity index is 0.000000836. The molecule has 0 aliphatic heterocycles. The van der Waals surface area contributed by atoms with E-state index in [1.807, 2.05) is 67.7 Å². The molecule has 0 saturated heterocycles. The van der Waals surface area contributed by atoms with E-state index in [9.17, 15) is 19.2 Å². The summed E-state index contributed by atoms with van der Waals surface area (Å²) in [6, 6.07) is 25.7. The summed E-state index contributed by atoms with van der Waals surface area (Å²) in [5.74, 6) is 2.49. The molecule has 4 aromatic rings. The van der Waals surface area contributed by atoms with E-state index in [4.69, 9.17) is 4.79 Å². The van der Waals surface area contributed by atoms with Crippen molar-refractivity contribution in [2.45, 2.75) is 78.2 Å². The molecule has 354 valence electrons. The van der Waals surface area contributed by atoms with Crippen molar-refractivity contribution < 1.29 is 28.7 Å². The van der Waals surface area contributed by atoms with Crippen LogP contribution in [-0.4, -0.2) is 99.8 Å². The molecule has 1 aliphatic rings. The first-order valence-corrected chi connectivity index (χ1v) is 22.5. The van der Waals surface area contributed by atoms with Gasteiger partial charge in [0.1, 0.15) is 17.6 Å². The number of aryl methyl sites for hydroxylation is 1. The molecule has 65 heavy (non-hydrogen) atoms. The van der Waals surface area contributed by atoms with Crippen molar-refractivity contribution in [3.05, 3.63) is 127 Å². The van der Waals surface area contributed by atoms with Gasteiger partial charge in [-0.25, -0.2) is 4.98 Å². The quantitative estimate of drug-likeness (QED) is 0.0314. The summed E-state index contributed by atoms with van der Waals surface area (Å²) in [5.41, 5.74) is 5.91. The number of ether oxygens (including phenoxy) is 1. The Morgan fingerprint density at radius 3 is 1.97 bits per heavy atom. The molecule has 1 heterocycles. The number of rotatable bonds is 21. The van der Waals surface area contributed by atoms with Crippen molar-refractivity contribution in [2.75, 3.05) is 54.4 Å². The summed E-state index contributed by atoms with van der Waals surface area (Å²) >= 11 is 0. The number of amides is 3. The van der Waals surface area contributed by atoms with Crippen LogP contribution in [0.4, 0.5) is 0 Å². The number of imidazole rings is 1. The third-order valence-corrected chi connectivity index (χ3v) is 10.4. The van der Waals surface area contributed by atoms with Gasteiger partial charge in [-0.1, -0.05) is 125 Å². The van der Waals surface area contributed by atoms with Crippen LogP contribution in [0.5, 0.6) is 0 Å². The highest BCUT2D eigenvalue weighted by molar-refractivity contribution is 5.94. The molecule has 5 N–H and O–H groups in total. The molecular formula is C52H75N7O6. The van der Waals surface area contributed by atoms with Crippen molar-refractivity contribution in [1.29, 1.82) is 0 Å². The van der Waals surface area contributed by atoms with Gasteiger partial charge in [0, 0.05) is 38.7 Å². The third-order valence-electron chi connectivity index (χ3n) is 10.4. The van der Waals surface area contributed by atoms with Crippen LogP contribution in [0, 0.1) is 11.8 Å². The van der Waals surface area contributed by atoms with E-state index in [1.54, 1.807) is 45.1 Å². The SMILES string of the molecule is C=CC=C.CCC1CCCC1CNC(=O)c1ccc(-c2ccc(-c3cnc(CCCCNC(=O)C(NC)c4ccccc4)[nH]3)cc2)cc1.CCCN(C)C=O.CNCC(C)=O.COC=O. The van der Waals surface area contributed by atoms with E-state index in [2.05, 4.69) is 80.3 Å². The normalized spacial score (nSPS) is 13.7. The lowest BCUT2D eigenvalue weighted by atomic mass is 9.93. The first-order chi connectivity index (χ1) is 31.5. The highest BCUT2D eigenvalue weighted by Gasteiger charge is 2.26. The highest BCUT2D eigenvalue weighted by Crippen LogP contribution is 2.33. The molecule has 13 heteroatoms. The van der Waals surface area contributed by atoms with Crippen LogP contribution in [0.15, 0.2) is 110 Å². The van der Waals surface area contributed by atoms with E-state index in [-0.39, 0.29) is 23.6 Å². The fourth-order valence-electron chi connectivity index (χ4n) is 7.02. The highest BCUT2D eigenvalue weighted by atomic mass is 16.5. The number of aromatic amines is 1. The molecule has 1 aliphatic carbocycles. The maximum Gasteiger partial charge on any atom is 0.292 e. The zero-order valence-corrected chi connectivity index (χ0v) is 39.9. The molecule has 1 aromatic heterocycles. The zero-order chi connectivity index (χ0) is 48.2. The molecule has 3 atom stereocenters. The minimum absolute atomic E-state index is 0.0106. The van der Waals surface area contributed by atoms with Gasteiger partial charge in [0.05, 0.1) is 25.5 Å². The molecule has 13 nitrogen and oxygen atoms in total. The smallest absolute Gasteiger partial charge is 0.292 e. The standard InChI is InChI=1S/C37H45N5O2.C5H11NO.C4H9NO.C4H6.C2H4O2/c1-3-26-12-9-13-32(26)24-41-36(43)31-21-17-28(18-22-31)27-15-19-29(20-16-27)33-25-40-34(42-33)14-7-8-23-39-37(44)35(38-2)30-10-5-4-6-11-30;1-3-4-6(2)5-7;1-4(6)3-5-2;1-3-4-2;1-4-2-3/h4-6,10-11,15-22,25-26,32,35,38H,3,7-9,12-14,23-24H2,1-2H3,(H,39,44)(H,40,42)(H,41,43);5H,3-4H2,1-2H3;5H,3H2,1-2H3;3-4H,1-2H2;2H,1H3. The number of H-pyrrole nitrogens is 1. The van der Waals surface area contributed by atoms with Crippen LogP contribution >= 0.6 is 0 Å². The van der Waals surface area contributed by atoms with Gasteiger partial charge in [0.2, 0.25) is 12.3 Å². The number of allylic oxidation sites excluding steroid dienone is 2. The number of aromatic nitrogens is 2. The van der Waals surface area contributed by atoms with Gasteiger partial charge in [-0.05, 0) is 92.9 Å². The summed E-state index contributed by atoms with van der Waals surface area (Å²) in [7, 11) is 6.64. The summed E-state index contributed by atoms with van der Waals surface area (Å²) in [6.45, 7) is 15.7. The summed E-state index contributed by atoms with van der Waals surface area (Å²) in [6.07, 6.45) is 14.7. The lowest BCUT2D eigenvalue weighted by molar-refractivity contribution is -0.126. The number of likely N-dealkylation sites (N-methyl/N-ethyl adjacent to an activating group) is 2. The molecule has 0 spiro atoms. The molecule has 5 rings (SSSR count). The Hall–Kier alpha value is -6.18. The largest absolute Gasteiger partial charge is 0.471 e. The van der Waals surface area contributed by atoms with E-state index in [1.165, 1.54) is 32.8 Å². The monoisotopic (exact) mass is 894 g/mol. The Labute approximate surface area is 388 Å². The van der Waals surface area contributed by atoms with E-state index in [0.29, 0.717) is 31.0 Å². The predicted molar refractivity (Wildman–Crippen MR) is 264 cm³/mol. The fraction of sp³-hybridized carbons (Fsp3) is 0.423. The van der Waals surface area contributed by atoms with Gasteiger partial charge in [-0.15, -0.1) is 0 Å². The Bertz CT molecular complexity index is 1930. The van der Waals surface area contributed by atoms with E-state index >= 15 is 0 Å². The number of Topliss-reactive ketones (excluding diaryl/α,β-unsaturated/α-hetero) is 1. The van der Waals surface area contributed by atoms with Crippen molar-refractivity contribution in [3.8, 4) is 22.4 Å². The number of carbonyl (C=O) groups is 5. The van der Waals surface area contributed by atoms with Gasteiger partial charge >= 0.3 is 0 Å². The van der Waals surface area contributed by atoms with Crippen LogP contribution in [0.2, 0.25) is 0 Å². The number of nitrogens with zero attached hydrogens (tertiary/aromatic N) is 2. The number of benzene rings is 3. The number of unbranched alkanes of at least 4 members (excludes halogenated alkanes) is 1. The minimum Gasteiger partial charge on any atom is -0.471 e. The minimum atomic E-state index is -0.346. The van der Waals surface area contributed by atoms with E-state index < -0.39 is 0 Å². The second-order valence-electron chi connectivity index (χ2n) is 15.5. The molecule has 1 saturated carbocycles. The average molecular weight is 894 g/mol. The zero-order valence-electron chi connectivity index (χ0n) is 39.9. The fourth-order valence-corrected chi connectivity index (χ4v) is 7.02. The second-order valence-corrected chi connectivity index (χ2v) is 15.5. The van der Waals surface area contributed by atoms with Crippen molar-refractivity contribution in [1.82, 2.24) is 36.1 Å². The molecule has 0 radical (unpaired) electrons. The van der Waals surface area contributed by atoms with Crippen LogP contribution in [0.25, 0.3) is 22.4 Å². The van der Waals surface area contributed by atoms with Crippen LogP contribution in [0.1, 0.15) is 93.5 Å².